The predicted molar refractivity (Wildman–Crippen MR) is 130 cm³/mol. The van der Waals surface area contributed by atoms with Crippen LogP contribution in [0.1, 0.15) is 34.7 Å². The number of amides is 2. The van der Waals surface area contributed by atoms with Crippen molar-refractivity contribution in [1.82, 2.24) is 10.6 Å². The summed E-state index contributed by atoms with van der Waals surface area (Å²) in [5.74, 6) is -1.17. The highest BCUT2D eigenvalue weighted by Crippen LogP contribution is 2.30. The summed E-state index contributed by atoms with van der Waals surface area (Å²) < 4.78 is 38.0. The molecule has 1 atom stereocenters. The van der Waals surface area contributed by atoms with E-state index in [1.165, 1.54) is 36.4 Å². The second-order valence-electron chi connectivity index (χ2n) is 8.33. The van der Waals surface area contributed by atoms with Gasteiger partial charge in [0, 0.05) is 5.70 Å². The number of carbonyl (C=O) groups is 2. The van der Waals surface area contributed by atoms with Crippen LogP contribution in [-0.2, 0) is 22.6 Å². The number of halogens is 2. The Labute approximate surface area is 212 Å². The lowest BCUT2D eigenvalue weighted by Gasteiger charge is -2.29. The zero-order valence-electron chi connectivity index (χ0n) is 19.9. The number of nitrogens with zero attached hydrogens (tertiary/aromatic N) is 1. The van der Waals surface area contributed by atoms with Crippen molar-refractivity contribution in [2.24, 2.45) is 0 Å². The van der Waals surface area contributed by atoms with E-state index in [1.54, 1.807) is 13.2 Å². The number of aryl methyl sites for hydroxylation is 1. The van der Waals surface area contributed by atoms with E-state index in [0.29, 0.717) is 35.4 Å². The van der Waals surface area contributed by atoms with Gasteiger partial charge in [0.05, 0.1) is 24.3 Å². The first-order valence-corrected chi connectivity index (χ1v) is 11.4. The summed E-state index contributed by atoms with van der Waals surface area (Å²) in [5, 5.41) is 14.5. The van der Waals surface area contributed by atoms with Crippen LogP contribution < -0.4 is 15.4 Å². The van der Waals surface area contributed by atoms with Crippen molar-refractivity contribution in [2.45, 2.75) is 25.5 Å². The van der Waals surface area contributed by atoms with Gasteiger partial charge < -0.3 is 20.1 Å². The molecule has 0 fully saturated rings. The summed E-state index contributed by atoms with van der Waals surface area (Å²) in [5.41, 5.74) is 2.22. The molecule has 0 radical (unpaired) electrons. The highest BCUT2D eigenvalue weighted by Gasteiger charge is 2.33. The number of allylic oxidation sites excluding steroid dienone is 1. The van der Waals surface area contributed by atoms with Gasteiger partial charge >= 0.3 is 12.0 Å². The zero-order chi connectivity index (χ0) is 26.4. The number of nitrogens with one attached hydrogen (secondary N) is 2. The summed E-state index contributed by atoms with van der Waals surface area (Å²) in [7, 11) is 1.57. The van der Waals surface area contributed by atoms with Crippen molar-refractivity contribution in [3.63, 3.8) is 0 Å². The Morgan fingerprint density at radius 3 is 2.54 bits per heavy atom. The molecule has 3 aromatic carbocycles. The van der Waals surface area contributed by atoms with Crippen LogP contribution in [0, 0.1) is 23.0 Å². The molecule has 188 valence electrons. The van der Waals surface area contributed by atoms with E-state index in [9.17, 15) is 18.4 Å². The van der Waals surface area contributed by atoms with Gasteiger partial charge in [-0.3, -0.25) is 0 Å². The molecule has 9 heteroatoms. The first kappa shape index (κ1) is 25.4. The molecule has 37 heavy (non-hydrogen) atoms. The number of nitriles is 1. The molecule has 1 aliphatic rings. The quantitative estimate of drug-likeness (QED) is 0.429. The number of rotatable bonds is 8. The van der Waals surface area contributed by atoms with E-state index in [2.05, 4.69) is 10.6 Å². The molecule has 4 rings (SSSR count). The average Bonchev–Trinajstić information content (AvgIpc) is 2.91. The molecule has 1 unspecified atom stereocenters. The van der Waals surface area contributed by atoms with Crippen LogP contribution in [-0.4, -0.2) is 19.1 Å². The monoisotopic (exact) mass is 503 g/mol. The molecular weight excluding hydrogens is 480 g/mol. The summed E-state index contributed by atoms with van der Waals surface area (Å²) in [6.45, 7) is -0.218. The van der Waals surface area contributed by atoms with Crippen LogP contribution >= 0.6 is 0 Å². The molecule has 0 aromatic heterocycles. The van der Waals surface area contributed by atoms with Crippen LogP contribution in [0.15, 0.2) is 78.0 Å². The Morgan fingerprint density at radius 2 is 1.81 bits per heavy atom. The van der Waals surface area contributed by atoms with Gasteiger partial charge in [0.15, 0.2) is 0 Å². The molecule has 0 spiro atoms. The summed E-state index contributed by atoms with van der Waals surface area (Å²) in [4.78, 5) is 25.9. The highest BCUT2D eigenvalue weighted by atomic mass is 19.1. The molecule has 0 saturated carbocycles. The standard InChI is InChI=1S/C28H23F2N3O4/c1-36-22-4-2-3-17(14-22)6-12-24-25(26(33-28(35)32-24)19-7-9-21(29)10-8-19)27(34)37-16-18-5-11-23(30)20(13-18)15-31/h2-5,7-11,13-14,26H,6,12,16H2,1H3,(H2,32,33,35). The van der Waals surface area contributed by atoms with Gasteiger partial charge in [-0.25, -0.2) is 18.4 Å². The first-order valence-electron chi connectivity index (χ1n) is 11.4. The van der Waals surface area contributed by atoms with Crippen molar-refractivity contribution in [3.8, 4) is 11.8 Å². The van der Waals surface area contributed by atoms with E-state index in [1.807, 2.05) is 24.3 Å². The van der Waals surface area contributed by atoms with Crippen molar-refractivity contribution in [3.05, 3.63) is 112 Å². The first-order chi connectivity index (χ1) is 17.9. The molecule has 0 saturated heterocycles. The molecule has 2 amide bonds. The highest BCUT2D eigenvalue weighted by molar-refractivity contribution is 5.95. The Bertz CT molecular complexity index is 1400. The lowest BCUT2D eigenvalue weighted by molar-refractivity contribution is -0.140. The van der Waals surface area contributed by atoms with Gasteiger partial charge in [-0.2, -0.15) is 5.26 Å². The molecule has 1 heterocycles. The fraction of sp³-hybridized carbons (Fsp3) is 0.179. The van der Waals surface area contributed by atoms with Crippen molar-refractivity contribution < 1.29 is 27.8 Å². The van der Waals surface area contributed by atoms with E-state index in [-0.39, 0.29) is 17.7 Å². The molecule has 2 N–H and O–H groups in total. The lowest BCUT2D eigenvalue weighted by atomic mass is 9.93. The normalized spacial score (nSPS) is 14.9. The van der Waals surface area contributed by atoms with E-state index in [4.69, 9.17) is 14.7 Å². The van der Waals surface area contributed by atoms with Crippen molar-refractivity contribution in [1.29, 1.82) is 5.26 Å². The number of urea groups is 1. The second-order valence-corrected chi connectivity index (χ2v) is 8.33. The number of methoxy groups -OCH3 is 1. The van der Waals surface area contributed by atoms with Crippen LogP contribution in [0.2, 0.25) is 0 Å². The predicted octanol–water partition coefficient (Wildman–Crippen LogP) is 4.83. The van der Waals surface area contributed by atoms with Gasteiger partial charge in [-0.05, 0) is 65.9 Å². The number of carbonyl (C=O) groups excluding carboxylic acids is 2. The molecule has 1 aliphatic heterocycles. The summed E-state index contributed by atoms with van der Waals surface area (Å²) >= 11 is 0. The van der Waals surface area contributed by atoms with E-state index >= 15 is 0 Å². The lowest BCUT2D eigenvalue weighted by Crippen LogP contribution is -2.46. The van der Waals surface area contributed by atoms with Gasteiger partial charge in [-0.1, -0.05) is 30.3 Å². The maximum Gasteiger partial charge on any atom is 0.338 e. The largest absolute Gasteiger partial charge is 0.497 e. The number of hydrogen-bond acceptors (Lipinski definition) is 5. The third-order valence-electron chi connectivity index (χ3n) is 5.90. The topological polar surface area (TPSA) is 100 Å². The fourth-order valence-corrected chi connectivity index (χ4v) is 4.03. The number of benzene rings is 3. The summed E-state index contributed by atoms with van der Waals surface area (Å²) in [6, 6.07) is 17.1. The smallest absolute Gasteiger partial charge is 0.338 e. The Morgan fingerprint density at radius 1 is 1.03 bits per heavy atom. The second kappa shape index (κ2) is 11.4. The minimum absolute atomic E-state index is 0.164. The number of esters is 1. The summed E-state index contributed by atoms with van der Waals surface area (Å²) in [6.07, 6.45) is 0.793. The Hall–Kier alpha value is -4.71. The molecule has 3 aromatic rings. The third kappa shape index (κ3) is 6.11. The van der Waals surface area contributed by atoms with Crippen LogP contribution in [0.5, 0.6) is 5.75 Å². The Kier molecular flexibility index (Phi) is 7.79. The number of hydrogen-bond donors (Lipinski definition) is 2. The molecule has 0 aliphatic carbocycles. The van der Waals surface area contributed by atoms with Gasteiger partial charge in [0.2, 0.25) is 0 Å². The van der Waals surface area contributed by atoms with E-state index < -0.39 is 29.7 Å². The molecular formula is C28H23F2N3O4. The minimum Gasteiger partial charge on any atom is -0.497 e. The average molecular weight is 504 g/mol. The van der Waals surface area contributed by atoms with Crippen LogP contribution in [0.25, 0.3) is 0 Å². The fourth-order valence-electron chi connectivity index (χ4n) is 4.03. The van der Waals surface area contributed by atoms with Gasteiger partial charge in [0.1, 0.15) is 30.1 Å². The Balaban J connectivity index is 1.65. The van der Waals surface area contributed by atoms with Gasteiger partial charge in [-0.15, -0.1) is 0 Å². The van der Waals surface area contributed by atoms with Crippen molar-refractivity contribution >= 4 is 12.0 Å². The third-order valence-corrected chi connectivity index (χ3v) is 5.90. The molecule has 0 bridgehead atoms. The van der Waals surface area contributed by atoms with Crippen LogP contribution in [0.4, 0.5) is 13.6 Å². The van der Waals surface area contributed by atoms with E-state index in [0.717, 1.165) is 11.6 Å². The number of ether oxygens (including phenoxy) is 2. The minimum atomic E-state index is -0.884. The van der Waals surface area contributed by atoms with Gasteiger partial charge in [0.25, 0.3) is 0 Å². The maximum atomic E-state index is 13.7. The zero-order valence-corrected chi connectivity index (χ0v) is 19.9. The SMILES string of the molecule is COc1cccc(CCC2=C(C(=O)OCc3ccc(F)c(C#N)c3)C(c3ccc(F)cc3)NC(=O)N2)c1. The molecule has 7 nitrogen and oxygen atoms in total. The van der Waals surface area contributed by atoms with Crippen molar-refractivity contribution in [2.75, 3.05) is 7.11 Å². The van der Waals surface area contributed by atoms with Crippen LogP contribution in [0.3, 0.4) is 0 Å². The maximum absolute atomic E-state index is 13.7.